The van der Waals surface area contributed by atoms with Gasteiger partial charge in [-0.15, -0.1) is 0 Å². The van der Waals surface area contributed by atoms with Crippen molar-refractivity contribution in [2.75, 3.05) is 6.61 Å². The topological polar surface area (TPSA) is 64.6 Å². The van der Waals surface area contributed by atoms with E-state index in [2.05, 4.69) is 50.4 Å². The van der Waals surface area contributed by atoms with Gasteiger partial charge in [0, 0.05) is 11.5 Å². The summed E-state index contributed by atoms with van der Waals surface area (Å²) in [4.78, 5) is 27.1. The van der Waals surface area contributed by atoms with Crippen LogP contribution in [0.5, 0.6) is 0 Å². The Morgan fingerprint density at radius 3 is 2.08 bits per heavy atom. The van der Waals surface area contributed by atoms with Crippen LogP contribution >= 0.6 is 0 Å². The van der Waals surface area contributed by atoms with Crippen molar-refractivity contribution in [2.45, 2.75) is 70.6 Å². The van der Waals surface area contributed by atoms with Crippen LogP contribution < -0.4 is 5.32 Å². The lowest BCUT2D eigenvalue weighted by Crippen LogP contribution is -2.58. The van der Waals surface area contributed by atoms with Crippen LogP contribution in [-0.2, 0) is 26.3 Å². The maximum atomic E-state index is 13.9. The average Bonchev–Trinajstić information content (AvgIpc) is 2.94. The van der Waals surface area contributed by atoms with E-state index in [9.17, 15) is 9.59 Å². The van der Waals surface area contributed by atoms with Crippen molar-refractivity contribution < 1.29 is 19.1 Å². The molecule has 0 spiro atoms. The molecule has 1 aliphatic carbocycles. The van der Waals surface area contributed by atoms with E-state index < -0.39 is 11.5 Å². The van der Waals surface area contributed by atoms with E-state index in [1.165, 1.54) is 5.56 Å². The van der Waals surface area contributed by atoms with E-state index in [4.69, 9.17) is 9.47 Å². The number of ether oxygens (including phenoxy) is 2. The number of benzene rings is 3. The maximum Gasteiger partial charge on any atom is 0.334 e. The Hall–Kier alpha value is -3.44. The zero-order chi connectivity index (χ0) is 27.9. The molecule has 3 aromatic rings. The van der Waals surface area contributed by atoms with Gasteiger partial charge < -0.3 is 14.8 Å². The van der Waals surface area contributed by atoms with Gasteiger partial charge in [0.2, 0.25) is 0 Å². The molecule has 0 aliphatic heterocycles. The number of carbonyl (C=O) groups excluding carboxylic acids is 2. The van der Waals surface area contributed by atoms with Crippen LogP contribution in [0.25, 0.3) is 0 Å². The van der Waals surface area contributed by atoms with Crippen molar-refractivity contribution in [3.05, 3.63) is 108 Å². The lowest BCUT2D eigenvalue weighted by molar-refractivity contribution is -0.166. The van der Waals surface area contributed by atoms with Gasteiger partial charge in [0.15, 0.2) is 5.54 Å². The summed E-state index contributed by atoms with van der Waals surface area (Å²) in [5.41, 5.74) is 1.17. The molecular formula is C34H41NO4. The Morgan fingerprint density at radius 1 is 0.846 bits per heavy atom. The Morgan fingerprint density at radius 2 is 1.44 bits per heavy atom. The lowest BCUT2D eigenvalue weighted by Gasteiger charge is -2.44. The van der Waals surface area contributed by atoms with Crippen molar-refractivity contribution >= 4 is 11.9 Å². The smallest absolute Gasteiger partial charge is 0.334 e. The third-order valence-electron chi connectivity index (χ3n) is 8.14. The monoisotopic (exact) mass is 527 g/mol. The first-order valence-electron chi connectivity index (χ1n) is 13.9. The largest absolute Gasteiger partial charge is 0.460 e. The minimum atomic E-state index is -1.36. The fourth-order valence-electron chi connectivity index (χ4n) is 5.64. The zero-order valence-corrected chi connectivity index (χ0v) is 23.6. The van der Waals surface area contributed by atoms with Crippen LogP contribution in [0.1, 0.15) is 68.4 Å². The third-order valence-corrected chi connectivity index (χ3v) is 8.14. The summed E-state index contributed by atoms with van der Waals surface area (Å²) in [5.74, 6) is -0.200. The van der Waals surface area contributed by atoms with Crippen LogP contribution in [0, 0.1) is 11.8 Å². The highest BCUT2D eigenvalue weighted by Crippen LogP contribution is 2.44. The predicted molar refractivity (Wildman–Crippen MR) is 154 cm³/mol. The number of nitrogens with one attached hydrogen (secondary N) is 1. The number of hydrogen-bond acceptors (Lipinski definition) is 4. The SMILES string of the molecule is C[C@@H]1CC[C@@H](C(C)(C)c2ccccc2)[C@H](OC(=O)[C@@](C)(COCc2ccccc2)NC(=O)c2ccccc2)C1. The molecule has 1 amide bonds. The van der Waals surface area contributed by atoms with E-state index in [1.807, 2.05) is 42.5 Å². The maximum absolute atomic E-state index is 13.9. The van der Waals surface area contributed by atoms with Gasteiger partial charge >= 0.3 is 5.97 Å². The van der Waals surface area contributed by atoms with Gasteiger partial charge in [0.1, 0.15) is 6.10 Å². The van der Waals surface area contributed by atoms with Crippen molar-refractivity contribution in [3.63, 3.8) is 0 Å². The van der Waals surface area contributed by atoms with Crippen molar-refractivity contribution in [2.24, 2.45) is 11.8 Å². The predicted octanol–water partition coefficient (Wildman–Crippen LogP) is 6.72. The molecule has 0 unspecified atom stereocenters. The highest BCUT2D eigenvalue weighted by Gasteiger charge is 2.45. The van der Waals surface area contributed by atoms with E-state index in [-0.39, 0.29) is 30.0 Å². The Labute approximate surface area is 232 Å². The molecule has 0 bridgehead atoms. The number of amides is 1. The van der Waals surface area contributed by atoms with Gasteiger partial charge in [-0.2, -0.15) is 0 Å². The van der Waals surface area contributed by atoms with Crippen LogP contribution in [0.3, 0.4) is 0 Å². The summed E-state index contributed by atoms with van der Waals surface area (Å²) in [6.45, 7) is 8.71. The second-order valence-electron chi connectivity index (χ2n) is 11.7. The van der Waals surface area contributed by atoms with Gasteiger partial charge in [-0.3, -0.25) is 4.79 Å². The molecule has 0 heterocycles. The average molecular weight is 528 g/mol. The van der Waals surface area contributed by atoms with E-state index in [0.717, 1.165) is 24.8 Å². The standard InChI is InChI=1S/C34H41NO4/c1-25-20-21-29(33(2,3)28-18-12-7-13-19-28)30(22-25)39-32(37)34(4,24-38-23-26-14-8-5-9-15-26)35-31(36)27-16-10-6-11-17-27/h5-19,25,29-30H,20-24H2,1-4H3,(H,35,36)/t25-,29-,30-,34-/m1/s1. The van der Waals surface area contributed by atoms with Crippen molar-refractivity contribution in [3.8, 4) is 0 Å². The Kier molecular flexibility index (Phi) is 9.24. The summed E-state index contributed by atoms with van der Waals surface area (Å²) in [6.07, 6.45) is 2.59. The quantitative estimate of drug-likeness (QED) is 0.297. The highest BCUT2D eigenvalue weighted by atomic mass is 16.6. The molecule has 4 rings (SSSR count). The molecule has 0 radical (unpaired) electrons. The van der Waals surface area contributed by atoms with Gasteiger partial charge in [0.05, 0.1) is 13.2 Å². The molecule has 206 valence electrons. The van der Waals surface area contributed by atoms with E-state index >= 15 is 0 Å². The Balaban J connectivity index is 1.55. The van der Waals surface area contributed by atoms with E-state index in [0.29, 0.717) is 18.1 Å². The van der Waals surface area contributed by atoms with Crippen LogP contribution in [0.15, 0.2) is 91.0 Å². The first kappa shape index (κ1) is 28.6. The summed E-state index contributed by atoms with van der Waals surface area (Å²) < 4.78 is 12.4. The lowest BCUT2D eigenvalue weighted by atomic mass is 9.64. The van der Waals surface area contributed by atoms with Gasteiger partial charge in [-0.05, 0) is 54.4 Å². The summed E-state index contributed by atoms with van der Waals surface area (Å²) >= 11 is 0. The molecule has 0 saturated heterocycles. The fourth-order valence-corrected chi connectivity index (χ4v) is 5.64. The van der Waals surface area contributed by atoms with Gasteiger partial charge in [0.25, 0.3) is 5.91 Å². The number of esters is 1. The number of hydrogen-bond donors (Lipinski definition) is 1. The number of rotatable bonds is 10. The summed E-state index contributed by atoms with van der Waals surface area (Å²) in [6, 6.07) is 29.1. The molecule has 39 heavy (non-hydrogen) atoms. The first-order chi connectivity index (χ1) is 18.7. The van der Waals surface area contributed by atoms with E-state index in [1.54, 1.807) is 31.2 Å². The first-order valence-corrected chi connectivity index (χ1v) is 13.9. The molecule has 5 nitrogen and oxygen atoms in total. The molecule has 0 aromatic heterocycles. The third kappa shape index (κ3) is 7.15. The van der Waals surface area contributed by atoms with Gasteiger partial charge in [-0.25, -0.2) is 4.79 Å². The zero-order valence-electron chi connectivity index (χ0n) is 23.6. The summed E-state index contributed by atoms with van der Waals surface area (Å²) in [7, 11) is 0. The minimum absolute atomic E-state index is 0.00564. The van der Waals surface area contributed by atoms with Gasteiger partial charge in [-0.1, -0.05) is 106 Å². The number of carbonyl (C=O) groups is 2. The highest BCUT2D eigenvalue weighted by molar-refractivity contribution is 5.98. The molecule has 1 fully saturated rings. The molecule has 1 N–H and O–H groups in total. The minimum Gasteiger partial charge on any atom is -0.460 e. The normalized spacial score (nSPS) is 21.0. The second-order valence-corrected chi connectivity index (χ2v) is 11.7. The summed E-state index contributed by atoms with van der Waals surface area (Å²) in [5, 5.41) is 2.94. The van der Waals surface area contributed by atoms with Crippen LogP contribution in [-0.4, -0.2) is 30.1 Å². The molecule has 4 atom stereocenters. The Bertz CT molecular complexity index is 1210. The molecule has 1 aliphatic rings. The fraction of sp³-hybridized carbons (Fsp3) is 0.412. The molecular weight excluding hydrogens is 486 g/mol. The van der Waals surface area contributed by atoms with Crippen molar-refractivity contribution in [1.29, 1.82) is 0 Å². The van der Waals surface area contributed by atoms with Crippen LogP contribution in [0.2, 0.25) is 0 Å². The molecule has 3 aromatic carbocycles. The second kappa shape index (κ2) is 12.6. The molecule has 5 heteroatoms. The molecule has 1 saturated carbocycles. The van der Waals surface area contributed by atoms with Crippen molar-refractivity contribution in [1.82, 2.24) is 5.32 Å². The van der Waals surface area contributed by atoms with Crippen LogP contribution in [0.4, 0.5) is 0 Å².